The Hall–Kier alpha value is -7.14. The molecule has 0 spiro atoms. The highest BCUT2D eigenvalue weighted by atomic mass is 16.6. The van der Waals surface area contributed by atoms with Gasteiger partial charge in [-0.05, 0) is 134 Å². The highest BCUT2D eigenvalue weighted by Crippen LogP contribution is 2.46. The van der Waals surface area contributed by atoms with Gasteiger partial charge in [0.25, 0.3) is 0 Å². The Morgan fingerprint density at radius 3 is 1.19 bits per heavy atom. The van der Waals surface area contributed by atoms with Crippen molar-refractivity contribution in [2.75, 3.05) is 52.9 Å². The van der Waals surface area contributed by atoms with Crippen LogP contribution in [0.5, 0.6) is 23.0 Å². The lowest BCUT2D eigenvalue weighted by Crippen LogP contribution is -2.13. The van der Waals surface area contributed by atoms with Crippen LogP contribution < -0.4 is 18.9 Å². The van der Waals surface area contributed by atoms with Gasteiger partial charge in [0.15, 0.2) is 0 Å². The van der Waals surface area contributed by atoms with Crippen molar-refractivity contribution in [1.29, 1.82) is 0 Å². The van der Waals surface area contributed by atoms with Crippen LogP contribution in [0.25, 0.3) is 77.4 Å². The van der Waals surface area contributed by atoms with E-state index in [1.165, 1.54) is 33.4 Å². The lowest BCUT2D eigenvalue weighted by atomic mass is 9.94. The topological polar surface area (TPSA) is 113 Å². The number of aromatic amines is 2. The molecule has 10 nitrogen and oxygen atoms in total. The van der Waals surface area contributed by atoms with Crippen molar-refractivity contribution in [1.82, 2.24) is 19.9 Å². The van der Waals surface area contributed by atoms with Crippen molar-refractivity contribution < 1.29 is 28.4 Å². The molecule has 4 aromatic carbocycles. The SMILES string of the molecule is CCC1=C(C)c2nc1cc1[nH]c(c(C)c1CC)c1c3nc(cc4[nH]c(c(C)c4CC)c2-c2ccccc2OCCOCCOc2cccc4c(cccc24)OCCOCCOc2ccccc2-1)C(CC)=C3C. The van der Waals surface area contributed by atoms with Crippen molar-refractivity contribution in [2.45, 2.75) is 81.1 Å². The molecule has 0 unspecified atom stereocenters. The molecule has 2 N–H and O–H groups in total. The zero-order chi connectivity index (χ0) is 49.9. The number of fused-ring (bicyclic) bond motifs is 12. The molecule has 0 amide bonds. The molecule has 14 bridgehead atoms. The molecule has 0 fully saturated rings. The first-order valence-electron chi connectivity index (χ1n) is 25.8. The summed E-state index contributed by atoms with van der Waals surface area (Å²) in [5, 5.41) is 1.95. The summed E-state index contributed by atoms with van der Waals surface area (Å²) in [7, 11) is 0. The minimum Gasteiger partial charge on any atom is -0.491 e. The van der Waals surface area contributed by atoms with E-state index in [1.54, 1.807) is 0 Å². The fourth-order valence-corrected chi connectivity index (χ4v) is 11.0. The first-order chi connectivity index (χ1) is 35.2. The van der Waals surface area contributed by atoms with Gasteiger partial charge in [-0.25, -0.2) is 9.97 Å². The number of para-hydroxylation sites is 2. The quantitative estimate of drug-likeness (QED) is 0.168. The number of ether oxygens (including phenoxy) is 6. The second-order valence-corrected chi connectivity index (χ2v) is 18.6. The monoisotopic (exact) mass is 962 g/mol. The summed E-state index contributed by atoms with van der Waals surface area (Å²) in [5.41, 5.74) is 21.3. The van der Waals surface area contributed by atoms with E-state index in [9.17, 15) is 0 Å². The summed E-state index contributed by atoms with van der Waals surface area (Å²) < 4.78 is 38.2. The van der Waals surface area contributed by atoms with E-state index in [4.69, 9.17) is 38.4 Å². The molecule has 72 heavy (non-hydrogen) atoms. The predicted octanol–water partition coefficient (Wildman–Crippen LogP) is 14.5. The second kappa shape index (κ2) is 21.3. The first kappa shape index (κ1) is 48.5. The molecule has 0 saturated carbocycles. The van der Waals surface area contributed by atoms with Crippen LogP contribution in [0.3, 0.4) is 0 Å². The normalized spacial score (nSPS) is 14.9. The fraction of sp³-hybridized carbons (Fsp3) is 0.323. The molecule has 0 atom stereocenters. The van der Waals surface area contributed by atoms with E-state index in [0.29, 0.717) is 52.9 Å². The van der Waals surface area contributed by atoms with Crippen LogP contribution in [-0.2, 0) is 22.3 Å². The van der Waals surface area contributed by atoms with Crippen molar-refractivity contribution in [2.24, 2.45) is 0 Å². The third-order valence-corrected chi connectivity index (χ3v) is 14.6. The van der Waals surface area contributed by atoms with Crippen LogP contribution in [0.1, 0.15) is 99.4 Å². The van der Waals surface area contributed by atoms with E-state index in [2.05, 4.69) is 126 Å². The van der Waals surface area contributed by atoms with E-state index >= 15 is 0 Å². The second-order valence-electron chi connectivity index (χ2n) is 18.6. The Morgan fingerprint density at radius 2 is 0.806 bits per heavy atom. The number of benzene rings is 4. The summed E-state index contributed by atoms with van der Waals surface area (Å²) in [6.07, 6.45) is 3.28. The Balaban J connectivity index is 1.21. The Labute approximate surface area is 423 Å². The van der Waals surface area contributed by atoms with Crippen molar-refractivity contribution in [3.05, 3.63) is 142 Å². The van der Waals surface area contributed by atoms with Crippen molar-refractivity contribution in [3.63, 3.8) is 0 Å². The number of aromatic nitrogens is 4. The smallest absolute Gasteiger partial charge is 0.127 e. The summed E-state index contributed by atoms with van der Waals surface area (Å²) in [4.78, 5) is 19.3. The minimum atomic E-state index is 0.354. The maximum atomic E-state index is 6.69. The van der Waals surface area contributed by atoms with E-state index in [0.717, 1.165) is 138 Å². The third-order valence-electron chi connectivity index (χ3n) is 14.6. The Bertz CT molecular complexity index is 3200. The molecular weight excluding hydrogens is 897 g/mol. The molecule has 0 aliphatic carbocycles. The average molecular weight is 963 g/mol. The standard InChI is InChI=1S/C62H66N4O6/c1-9-41-37(5)59-57-47-19-13-15-23-55(47)71-33-29-67-27-31-69-53-25-17-22-46-45(53)21-18-26-54(46)70-32-28-68-30-34-72-56-24-16-14-20-48(56)58(61-38(6)42(10-2)50(64-61)35-49(41)63-59)62-40(8)44(12-4)52(66-62)36-51-43(11-3)39(7)60(57)65-51/h13-26,35-36,63,66H,9-12,27-34H2,1-8H3. The van der Waals surface area contributed by atoms with Gasteiger partial charge in [-0.3, -0.25) is 0 Å². The molecule has 7 heterocycles. The zero-order valence-corrected chi connectivity index (χ0v) is 43.1. The molecule has 370 valence electrons. The van der Waals surface area contributed by atoms with Gasteiger partial charge in [0.05, 0.1) is 60.2 Å². The van der Waals surface area contributed by atoms with Crippen LogP contribution in [0.15, 0.2) is 97.1 Å². The number of rotatable bonds is 4. The molecule has 7 aromatic rings. The predicted molar refractivity (Wildman–Crippen MR) is 293 cm³/mol. The number of nitrogens with zero attached hydrogens (tertiary/aromatic N) is 2. The number of allylic oxidation sites excluding steroid dienone is 4. The largest absolute Gasteiger partial charge is 0.491 e. The molecule has 0 saturated heterocycles. The molecule has 11 rings (SSSR count). The molecular formula is C62H66N4O6. The number of aryl methyl sites for hydroxylation is 4. The zero-order valence-electron chi connectivity index (χ0n) is 43.1. The van der Waals surface area contributed by atoms with Gasteiger partial charge in [0.1, 0.15) is 49.4 Å². The molecule has 4 aliphatic heterocycles. The van der Waals surface area contributed by atoms with Gasteiger partial charge in [0.2, 0.25) is 0 Å². The summed E-state index contributed by atoms with van der Waals surface area (Å²) >= 11 is 0. The van der Waals surface area contributed by atoms with E-state index in [-0.39, 0.29) is 0 Å². The van der Waals surface area contributed by atoms with Crippen LogP contribution in [-0.4, -0.2) is 72.8 Å². The molecule has 0 radical (unpaired) electrons. The maximum absolute atomic E-state index is 6.69. The molecule has 10 heteroatoms. The number of nitrogens with one attached hydrogen (secondary N) is 2. The number of H-pyrrole nitrogens is 2. The molecule has 3 aromatic heterocycles. The third kappa shape index (κ3) is 9.07. The van der Waals surface area contributed by atoms with Gasteiger partial charge in [-0.15, -0.1) is 0 Å². The summed E-state index contributed by atoms with van der Waals surface area (Å²) in [5.74, 6) is 3.07. The van der Waals surface area contributed by atoms with Crippen molar-refractivity contribution in [3.8, 4) is 45.3 Å². The van der Waals surface area contributed by atoms with E-state index in [1.807, 2.05) is 36.4 Å². The highest BCUT2D eigenvalue weighted by molar-refractivity contribution is 6.04. The average Bonchev–Trinajstić information content (AvgIpc) is 4.09. The lowest BCUT2D eigenvalue weighted by Gasteiger charge is -2.15. The maximum Gasteiger partial charge on any atom is 0.127 e. The van der Waals surface area contributed by atoms with Gasteiger partial charge >= 0.3 is 0 Å². The molecule has 4 aliphatic rings. The van der Waals surface area contributed by atoms with Crippen LogP contribution >= 0.6 is 0 Å². The van der Waals surface area contributed by atoms with Crippen LogP contribution in [0.4, 0.5) is 0 Å². The van der Waals surface area contributed by atoms with Crippen molar-refractivity contribution >= 4 is 55.1 Å². The summed E-state index contributed by atoms with van der Waals surface area (Å²) in [6, 6.07) is 33.3. The minimum absolute atomic E-state index is 0.354. The number of hydrogen-bond acceptors (Lipinski definition) is 8. The lowest BCUT2D eigenvalue weighted by molar-refractivity contribution is 0.0766. The Morgan fingerprint density at radius 1 is 0.431 bits per heavy atom. The first-order valence-corrected chi connectivity index (χ1v) is 25.8. The van der Waals surface area contributed by atoms with Crippen LogP contribution in [0, 0.1) is 13.8 Å². The van der Waals surface area contributed by atoms with Gasteiger partial charge in [-0.1, -0.05) is 88.4 Å². The van der Waals surface area contributed by atoms with Gasteiger partial charge in [0, 0.05) is 44.1 Å². The fourth-order valence-electron chi connectivity index (χ4n) is 11.0. The number of hydrogen-bond donors (Lipinski definition) is 2. The highest BCUT2D eigenvalue weighted by Gasteiger charge is 2.27. The summed E-state index contributed by atoms with van der Waals surface area (Å²) in [6.45, 7) is 20.9. The van der Waals surface area contributed by atoms with Crippen LogP contribution in [0.2, 0.25) is 0 Å². The van der Waals surface area contributed by atoms with Gasteiger partial charge in [-0.2, -0.15) is 0 Å². The Kier molecular flexibility index (Phi) is 14.3. The van der Waals surface area contributed by atoms with Gasteiger partial charge < -0.3 is 38.4 Å². The van der Waals surface area contributed by atoms with E-state index < -0.39 is 0 Å².